The monoisotopic (exact) mass is 371 g/mol. The molecule has 0 atom stereocenters. The van der Waals surface area contributed by atoms with Crippen molar-refractivity contribution < 1.29 is 4.42 Å². The minimum Gasteiger partial charge on any atom is -0.453 e. The van der Waals surface area contributed by atoms with Crippen LogP contribution in [-0.4, -0.2) is 23.1 Å². The van der Waals surface area contributed by atoms with E-state index in [0.717, 1.165) is 29.9 Å². The van der Waals surface area contributed by atoms with Gasteiger partial charge in [0.05, 0.1) is 0 Å². The Kier molecular flexibility index (Phi) is 4.89. The minimum absolute atomic E-state index is 0.0948. The number of pyridine rings is 1. The van der Waals surface area contributed by atoms with Crippen molar-refractivity contribution in [3.05, 3.63) is 76.2 Å². The van der Waals surface area contributed by atoms with E-state index in [1.807, 2.05) is 30.3 Å². The maximum Gasteiger partial charge on any atom is 0.189 e. The van der Waals surface area contributed by atoms with Crippen LogP contribution in [0.4, 0.5) is 5.69 Å². The van der Waals surface area contributed by atoms with Gasteiger partial charge in [0.1, 0.15) is 11.2 Å². The summed E-state index contributed by atoms with van der Waals surface area (Å²) in [6.45, 7) is 6.07. The van der Waals surface area contributed by atoms with E-state index >= 15 is 0 Å². The number of aromatic nitrogens is 2. The van der Waals surface area contributed by atoms with Gasteiger partial charge in [-0.3, -0.25) is 9.78 Å². The summed E-state index contributed by atoms with van der Waals surface area (Å²) in [6, 6.07) is 13.1. The Morgan fingerprint density at radius 2 is 1.79 bits per heavy atom. The molecule has 0 saturated carbocycles. The molecule has 0 amide bonds. The van der Waals surface area contributed by atoms with Gasteiger partial charge < -0.3 is 9.32 Å². The summed E-state index contributed by atoms with van der Waals surface area (Å²) in [5.74, 6) is 0.496. The number of hydrogen-bond acceptors (Lipinski definition) is 5. The highest BCUT2D eigenvalue weighted by Crippen LogP contribution is 2.28. The van der Waals surface area contributed by atoms with Crippen molar-refractivity contribution >= 4 is 28.9 Å². The van der Waals surface area contributed by atoms with E-state index in [4.69, 9.17) is 9.40 Å². The molecule has 1 aliphatic carbocycles. The molecule has 0 radical (unpaired) electrons. The second-order valence-electron chi connectivity index (χ2n) is 6.51. The molecule has 1 aliphatic heterocycles. The molecule has 0 unspecified atom stereocenters. The first-order chi connectivity index (χ1) is 13.7. The van der Waals surface area contributed by atoms with Crippen molar-refractivity contribution in [3.8, 4) is 11.5 Å². The van der Waals surface area contributed by atoms with Gasteiger partial charge in [0.15, 0.2) is 16.8 Å². The number of nitrogens with zero attached hydrogens (tertiary/aromatic N) is 3. The first-order valence-corrected chi connectivity index (χ1v) is 9.39. The van der Waals surface area contributed by atoms with E-state index in [-0.39, 0.29) is 5.43 Å². The highest BCUT2D eigenvalue weighted by molar-refractivity contribution is 5.81. The number of rotatable bonds is 5. The molecule has 4 rings (SSSR count). The van der Waals surface area contributed by atoms with Crippen LogP contribution in [-0.2, 0) is 0 Å². The standard InChI is InChI=1S/C23H21N3O2/c1-3-26(4-2)18-7-8-19-22(14-18)28-23-15-21(27)17(13-20(23)25-19)6-5-16-9-11-24-12-10-16/h5-15H,3-4H2,1-2H3. The van der Waals surface area contributed by atoms with Crippen LogP contribution in [0.3, 0.4) is 0 Å². The van der Waals surface area contributed by atoms with E-state index in [1.54, 1.807) is 24.5 Å². The highest BCUT2D eigenvalue weighted by Gasteiger charge is 2.13. The van der Waals surface area contributed by atoms with Crippen LogP contribution in [0, 0.1) is 0 Å². The molecular weight excluding hydrogens is 350 g/mol. The Balaban J connectivity index is 1.77. The third-order valence-electron chi connectivity index (χ3n) is 4.79. The fourth-order valence-corrected chi connectivity index (χ4v) is 3.24. The first-order valence-electron chi connectivity index (χ1n) is 9.39. The lowest BCUT2D eigenvalue weighted by atomic mass is 10.1. The van der Waals surface area contributed by atoms with Crippen LogP contribution in [0.2, 0.25) is 0 Å². The van der Waals surface area contributed by atoms with Gasteiger partial charge in [0.2, 0.25) is 0 Å². The molecule has 0 bridgehead atoms. The predicted octanol–water partition coefficient (Wildman–Crippen LogP) is 4.70. The largest absolute Gasteiger partial charge is 0.453 e. The SMILES string of the molecule is CCN(CC)c1ccc2nc3cc(C=Cc4ccncc4)c(=O)cc-3oc2c1. The van der Waals surface area contributed by atoms with E-state index in [1.165, 1.54) is 6.07 Å². The highest BCUT2D eigenvalue weighted by atomic mass is 16.3. The quantitative estimate of drug-likeness (QED) is 0.476. The summed E-state index contributed by atoms with van der Waals surface area (Å²) in [5.41, 5.74) is 4.66. The summed E-state index contributed by atoms with van der Waals surface area (Å²) in [5, 5.41) is 0. The van der Waals surface area contributed by atoms with Crippen LogP contribution in [0.1, 0.15) is 25.0 Å². The van der Waals surface area contributed by atoms with Gasteiger partial charge in [-0.2, -0.15) is 0 Å². The lowest BCUT2D eigenvalue weighted by Gasteiger charge is -2.21. The van der Waals surface area contributed by atoms with Crippen molar-refractivity contribution in [1.29, 1.82) is 0 Å². The molecule has 0 fully saturated rings. The Bertz CT molecular complexity index is 1160. The van der Waals surface area contributed by atoms with Crippen molar-refractivity contribution in [1.82, 2.24) is 9.97 Å². The van der Waals surface area contributed by atoms with Crippen molar-refractivity contribution in [2.45, 2.75) is 13.8 Å². The molecule has 2 aromatic rings. The van der Waals surface area contributed by atoms with Crippen LogP contribution >= 0.6 is 0 Å². The Hall–Kier alpha value is -3.47. The first kappa shape index (κ1) is 17.9. The molecule has 0 N–H and O–H groups in total. The molecule has 1 aromatic carbocycles. The fraction of sp³-hybridized carbons (Fsp3) is 0.174. The number of fused-ring (bicyclic) bond motifs is 2. The molecule has 5 heteroatoms. The van der Waals surface area contributed by atoms with E-state index in [2.05, 4.69) is 29.8 Å². The second-order valence-corrected chi connectivity index (χ2v) is 6.51. The normalized spacial score (nSPS) is 11.5. The maximum atomic E-state index is 12.5. The summed E-state index contributed by atoms with van der Waals surface area (Å²) in [7, 11) is 0. The summed E-state index contributed by atoms with van der Waals surface area (Å²) >= 11 is 0. The molecule has 1 aromatic heterocycles. The fourth-order valence-electron chi connectivity index (χ4n) is 3.24. The zero-order chi connectivity index (χ0) is 19.5. The molecule has 5 nitrogen and oxygen atoms in total. The van der Waals surface area contributed by atoms with Crippen LogP contribution in [0.5, 0.6) is 0 Å². The number of hydrogen-bond donors (Lipinski definition) is 0. The maximum absolute atomic E-state index is 12.5. The lowest BCUT2D eigenvalue weighted by Crippen LogP contribution is -2.21. The Labute approximate surface area is 163 Å². The number of benzene rings is 2. The Morgan fingerprint density at radius 3 is 2.54 bits per heavy atom. The third-order valence-corrected chi connectivity index (χ3v) is 4.79. The summed E-state index contributed by atoms with van der Waals surface area (Å²) in [6.07, 6.45) is 7.12. The van der Waals surface area contributed by atoms with E-state index in [0.29, 0.717) is 22.6 Å². The van der Waals surface area contributed by atoms with Crippen molar-refractivity contribution in [2.24, 2.45) is 0 Å². The van der Waals surface area contributed by atoms with Gasteiger partial charge in [-0.15, -0.1) is 0 Å². The third kappa shape index (κ3) is 3.51. The molecule has 2 aliphatic rings. The van der Waals surface area contributed by atoms with Crippen LogP contribution in [0.25, 0.3) is 34.7 Å². The molecule has 28 heavy (non-hydrogen) atoms. The summed E-state index contributed by atoms with van der Waals surface area (Å²) < 4.78 is 6.00. The average Bonchev–Trinajstić information content (AvgIpc) is 2.72. The molecule has 0 spiro atoms. The lowest BCUT2D eigenvalue weighted by molar-refractivity contribution is 0.612. The second kappa shape index (κ2) is 7.64. The van der Waals surface area contributed by atoms with E-state index in [9.17, 15) is 4.79 Å². The minimum atomic E-state index is -0.0948. The van der Waals surface area contributed by atoms with Crippen molar-refractivity contribution in [2.75, 3.05) is 18.0 Å². The Morgan fingerprint density at radius 1 is 1.00 bits per heavy atom. The topological polar surface area (TPSA) is 59.2 Å². The van der Waals surface area contributed by atoms with Gasteiger partial charge >= 0.3 is 0 Å². The zero-order valence-corrected chi connectivity index (χ0v) is 15.9. The van der Waals surface area contributed by atoms with Gasteiger partial charge in [-0.05, 0) is 49.7 Å². The summed E-state index contributed by atoms with van der Waals surface area (Å²) in [4.78, 5) is 23.4. The van der Waals surface area contributed by atoms with Gasteiger partial charge in [-0.1, -0.05) is 12.2 Å². The van der Waals surface area contributed by atoms with Gasteiger partial charge in [0.25, 0.3) is 0 Å². The molecule has 140 valence electrons. The smallest absolute Gasteiger partial charge is 0.189 e. The zero-order valence-electron chi connectivity index (χ0n) is 15.9. The van der Waals surface area contributed by atoms with Crippen LogP contribution < -0.4 is 10.3 Å². The van der Waals surface area contributed by atoms with Gasteiger partial charge in [0, 0.05) is 48.9 Å². The van der Waals surface area contributed by atoms with Crippen LogP contribution in [0.15, 0.2) is 64.1 Å². The number of anilines is 1. The van der Waals surface area contributed by atoms with Gasteiger partial charge in [-0.25, -0.2) is 4.98 Å². The van der Waals surface area contributed by atoms with E-state index < -0.39 is 0 Å². The van der Waals surface area contributed by atoms with Crippen molar-refractivity contribution in [3.63, 3.8) is 0 Å². The molecule has 2 heterocycles. The average molecular weight is 371 g/mol. The predicted molar refractivity (Wildman–Crippen MR) is 114 cm³/mol. The molecule has 0 saturated heterocycles. The molecular formula is C23H21N3O2.